The number of carbonyl (C=O) groups is 2. The van der Waals surface area contributed by atoms with Gasteiger partial charge < -0.3 is 10.1 Å². The van der Waals surface area contributed by atoms with Crippen LogP contribution in [0.3, 0.4) is 0 Å². The molecule has 0 saturated heterocycles. The van der Waals surface area contributed by atoms with Gasteiger partial charge in [0.25, 0.3) is 5.91 Å². The third-order valence-electron chi connectivity index (χ3n) is 4.05. The lowest BCUT2D eigenvalue weighted by Gasteiger charge is -2.19. The van der Waals surface area contributed by atoms with Crippen LogP contribution >= 0.6 is 11.3 Å². The van der Waals surface area contributed by atoms with Gasteiger partial charge in [-0.15, -0.1) is 11.3 Å². The third-order valence-corrected chi connectivity index (χ3v) is 4.96. The molecule has 0 saturated carbocycles. The summed E-state index contributed by atoms with van der Waals surface area (Å²) in [5, 5.41) is 6.11. The zero-order chi connectivity index (χ0) is 21.6. The zero-order valence-corrected chi connectivity index (χ0v) is 18.1. The number of benzene rings is 2. The first-order chi connectivity index (χ1) is 14.3. The van der Waals surface area contributed by atoms with Crippen LogP contribution in [0.5, 0.6) is 0 Å². The molecular weight excluding hydrogens is 398 g/mol. The molecule has 1 aromatic heterocycles. The molecule has 3 rings (SSSR count). The minimum absolute atomic E-state index is 0.220. The van der Waals surface area contributed by atoms with Crippen LogP contribution in [-0.4, -0.2) is 22.6 Å². The highest BCUT2D eigenvalue weighted by Crippen LogP contribution is 2.22. The second-order valence-electron chi connectivity index (χ2n) is 7.80. The lowest BCUT2D eigenvalue weighted by molar-refractivity contribution is 0.0523. The fourth-order valence-electron chi connectivity index (χ4n) is 2.68. The number of thiazole rings is 1. The van der Waals surface area contributed by atoms with Crippen LogP contribution in [0.15, 0.2) is 60.8 Å². The highest BCUT2D eigenvalue weighted by Gasteiger charge is 2.16. The molecule has 0 fully saturated rings. The van der Waals surface area contributed by atoms with Crippen molar-refractivity contribution in [1.82, 2.24) is 10.3 Å². The molecule has 3 aromatic rings. The van der Waals surface area contributed by atoms with Gasteiger partial charge in [-0.3, -0.25) is 10.1 Å². The van der Waals surface area contributed by atoms with Crippen LogP contribution < -0.4 is 10.6 Å². The Bertz CT molecular complexity index is 993. The van der Waals surface area contributed by atoms with E-state index in [1.807, 2.05) is 39.0 Å². The summed E-state index contributed by atoms with van der Waals surface area (Å²) in [6.45, 7) is 5.76. The van der Waals surface area contributed by atoms with Crippen LogP contribution in [0.25, 0.3) is 0 Å². The number of amides is 2. The molecule has 7 heteroatoms. The Labute approximate surface area is 180 Å². The predicted octanol–water partition coefficient (Wildman–Crippen LogP) is 5.01. The van der Waals surface area contributed by atoms with E-state index in [1.54, 1.807) is 30.5 Å². The number of carbonyl (C=O) groups excluding carboxylic acids is 2. The first kappa shape index (κ1) is 21.5. The van der Waals surface area contributed by atoms with E-state index < -0.39 is 11.7 Å². The maximum Gasteiger partial charge on any atom is 0.407 e. The molecule has 2 amide bonds. The van der Waals surface area contributed by atoms with Crippen molar-refractivity contribution in [3.05, 3.63) is 82.4 Å². The predicted molar refractivity (Wildman–Crippen MR) is 119 cm³/mol. The van der Waals surface area contributed by atoms with E-state index in [0.29, 0.717) is 17.2 Å². The maximum atomic E-state index is 12.5. The van der Waals surface area contributed by atoms with Crippen molar-refractivity contribution >= 4 is 28.5 Å². The van der Waals surface area contributed by atoms with E-state index in [-0.39, 0.29) is 5.91 Å². The molecule has 0 aliphatic heterocycles. The average molecular weight is 424 g/mol. The Morgan fingerprint density at radius 1 is 1.00 bits per heavy atom. The largest absolute Gasteiger partial charge is 0.444 e. The fourth-order valence-corrected chi connectivity index (χ4v) is 3.52. The number of anilines is 1. The van der Waals surface area contributed by atoms with E-state index >= 15 is 0 Å². The quantitative estimate of drug-likeness (QED) is 0.584. The molecule has 2 aromatic carbocycles. The Morgan fingerprint density at radius 2 is 1.70 bits per heavy atom. The number of hydrogen-bond acceptors (Lipinski definition) is 5. The van der Waals surface area contributed by atoms with Gasteiger partial charge in [-0.2, -0.15) is 0 Å². The number of nitrogens with zero attached hydrogens (tertiary/aromatic N) is 1. The molecule has 6 nitrogen and oxygen atoms in total. The van der Waals surface area contributed by atoms with Crippen LogP contribution in [0, 0.1) is 0 Å². The Kier molecular flexibility index (Phi) is 6.84. The Hall–Kier alpha value is -3.19. The number of hydrogen-bond donors (Lipinski definition) is 2. The molecular formula is C23H25N3O3S. The van der Waals surface area contributed by atoms with E-state index in [2.05, 4.69) is 27.8 Å². The second-order valence-corrected chi connectivity index (χ2v) is 8.92. The molecule has 0 atom stereocenters. The highest BCUT2D eigenvalue weighted by atomic mass is 32.1. The van der Waals surface area contributed by atoms with E-state index in [9.17, 15) is 9.59 Å². The lowest BCUT2D eigenvalue weighted by atomic mass is 10.1. The molecule has 0 unspecified atom stereocenters. The number of ether oxygens (including phenoxy) is 1. The number of alkyl carbamates (subject to hydrolysis) is 1. The molecule has 0 aliphatic carbocycles. The smallest absolute Gasteiger partial charge is 0.407 e. The minimum Gasteiger partial charge on any atom is -0.444 e. The number of nitrogens with one attached hydrogen (secondary N) is 2. The summed E-state index contributed by atoms with van der Waals surface area (Å²) in [4.78, 5) is 29.6. The van der Waals surface area contributed by atoms with E-state index in [4.69, 9.17) is 4.74 Å². The average Bonchev–Trinajstić information content (AvgIpc) is 3.13. The summed E-state index contributed by atoms with van der Waals surface area (Å²) in [5.41, 5.74) is 2.06. The molecule has 0 spiro atoms. The van der Waals surface area contributed by atoms with Gasteiger partial charge in [-0.05, 0) is 44.0 Å². The Balaban J connectivity index is 1.52. The summed E-state index contributed by atoms with van der Waals surface area (Å²) in [5.74, 6) is -0.220. The van der Waals surface area contributed by atoms with Gasteiger partial charge >= 0.3 is 6.09 Å². The van der Waals surface area contributed by atoms with Crippen molar-refractivity contribution in [2.24, 2.45) is 0 Å². The summed E-state index contributed by atoms with van der Waals surface area (Å²) < 4.78 is 5.21. The molecule has 1 heterocycles. The molecule has 30 heavy (non-hydrogen) atoms. The van der Waals surface area contributed by atoms with E-state index in [0.717, 1.165) is 16.9 Å². The molecule has 0 bridgehead atoms. The summed E-state index contributed by atoms with van der Waals surface area (Å²) >= 11 is 1.47. The molecule has 0 radical (unpaired) electrons. The maximum absolute atomic E-state index is 12.5. The first-order valence-electron chi connectivity index (χ1n) is 9.64. The zero-order valence-electron chi connectivity index (χ0n) is 17.3. The van der Waals surface area contributed by atoms with Gasteiger partial charge in [-0.25, -0.2) is 9.78 Å². The van der Waals surface area contributed by atoms with Crippen LogP contribution in [0.2, 0.25) is 0 Å². The van der Waals surface area contributed by atoms with Crippen molar-refractivity contribution in [3.63, 3.8) is 0 Å². The topological polar surface area (TPSA) is 80.3 Å². The van der Waals surface area contributed by atoms with Gasteiger partial charge in [0.1, 0.15) is 5.60 Å². The fraction of sp³-hybridized carbons (Fsp3) is 0.261. The third kappa shape index (κ3) is 6.70. The summed E-state index contributed by atoms with van der Waals surface area (Å²) in [6.07, 6.45) is 2.10. The second kappa shape index (κ2) is 9.54. The number of rotatable bonds is 6. The van der Waals surface area contributed by atoms with Crippen molar-refractivity contribution < 1.29 is 14.3 Å². The van der Waals surface area contributed by atoms with Gasteiger partial charge in [0.05, 0.1) is 0 Å². The standard InChI is InChI=1S/C23H25N3O3S/c1-23(2,3)29-22(28)25-14-17-9-11-18(12-10-17)20(27)26-21-24-15-19(30-21)13-16-7-5-4-6-8-16/h4-12,15H,13-14H2,1-3H3,(H,25,28)(H,24,26,27). The SMILES string of the molecule is CC(C)(C)OC(=O)NCc1ccc(C(=O)Nc2ncc(Cc3ccccc3)s2)cc1. The lowest BCUT2D eigenvalue weighted by Crippen LogP contribution is -2.32. The van der Waals surface area contributed by atoms with Crippen LogP contribution in [0.4, 0.5) is 9.93 Å². The molecule has 0 aliphatic rings. The van der Waals surface area contributed by atoms with Crippen molar-refractivity contribution in [1.29, 1.82) is 0 Å². The molecule has 2 N–H and O–H groups in total. The van der Waals surface area contributed by atoms with Gasteiger partial charge in [0, 0.05) is 29.6 Å². The van der Waals surface area contributed by atoms with Gasteiger partial charge in [0.15, 0.2) is 5.13 Å². The van der Waals surface area contributed by atoms with Crippen molar-refractivity contribution in [3.8, 4) is 0 Å². The van der Waals surface area contributed by atoms with Gasteiger partial charge in [0.2, 0.25) is 0 Å². The summed E-state index contributed by atoms with van der Waals surface area (Å²) in [7, 11) is 0. The highest BCUT2D eigenvalue weighted by molar-refractivity contribution is 7.15. The van der Waals surface area contributed by atoms with Crippen LogP contribution in [-0.2, 0) is 17.7 Å². The van der Waals surface area contributed by atoms with Crippen molar-refractivity contribution in [2.75, 3.05) is 5.32 Å². The van der Waals surface area contributed by atoms with Gasteiger partial charge in [-0.1, -0.05) is 42.5 Å². The Morgan fingerprint density at radius 3 is 2.37 bits per heavy atom. The van der Waals surface area contributed by atoms with Crippen LogP contribution in [0.1, 0.15) is 47.1 Å². The normalized spacial score (nSPS) is 11.0. The van der Waals surface area contributed by atoms with E-state index in [1.165, 1.54) is 16.9 Å². The molecule has 156 valence electrons. The number of aromatic nitrogens is 1. The first-order valence-corrected chi connectivity index (χ1v) is 10.5. The monoisotopic (exact) mass is 423 g/mol. The minimum atomic E-state index is -0.539. The van der Waals surface area contributed by atoms with Crippen molar-refractivity contribution in [2.45, 2.75) is 39.3 Å². The summed E-state index contributed by atoms with van der Waals surface area (Å²) in [6, 6.07) is 17.2.